The fraction of sp³-hybridized carbons (Fsp3) is 0.333. The van der Waals surface area contributed by atoms with Crippen LogP contribution in [-0.4, -0.2) is 45.3 Å². The van der Waals surface area contributed by atoms with E-state index in [4.69, 9.17) is 4.74 Å². The van der Waals surface area contributed by atoms with Crippen LogP contribution < -0.4 is 10.3 Å². The quantitative estimate of drug-likeness (QED) is 0.554. The Kier molecular flexibility index (Phi) is 5.59. The predicted octanol–water partition coefficient (Wildman–Crippen LogP) is 2.97. The third kappa shape index (κ3) is 4.40. The van der Waals surface area contributed by atoms with Crippen LogP contribution in [0.25, 0.3) is 5.69 Å². The van der Waals surface area contributed by atoms with Crippen LogP contribution in [-0.2, 0) is 17.4 Å². The molecule has 3 heterocycles. The first-order valence-electron chi connectivity index (χ1n) is 10.9. The molecule has 2 aliphatic rings. The molecule has 0 N–H and O–H groups in total. The Hall–Kier alpha value is -3.69. The highest BCUT2D eigenvalue weighted by atomic mass is 19.4. The Labute approximate surface area is 192 Å². The Bertz CT molecular complexity index is 1250. The fourth-order valence-corrected chi connectivity index (χ4v) is 4.60. The van der Waals surface area contributed by atoms with Gasteiger partial charge < -0.3 is 9.64 Å². The second-order valence-corrected chi connectivity index (χ2v) is 8.57. The van der Waals surface area contributed by atoms with Crippen molar-refractivity contribution >= 4 is 5.91 Å². The van der Waals surface area contributed by atoms with Crippen molar-refractivity contribution in [1.29, 1.82) is 0 Å². The summed E-state index contributed by atoms with van der Waals surface area (Å²) in [4.78, 5) is 29.8. The number of benzene rings is 1. The van der Waals surface area contributed by atoms with E-state index in [0.717, 1.165) is 11.8 Å². The zero-order valence-corrected chi connectivity index (χ0v) is 18.0. The molecule has 176 valence electrons. The number of amides is 1. The number of pyridine rings is 1. The first kappa shape index (κ1) is 22.1. The van der Waals surface area contributed by atoms with Crippen LogP contribution in [0.15, 0.2) is 65.7 Å². The molecule has 1 amide bonds. The molecule has 2 fully saturated rings. The molecule has 3 atom stereocenters. The van der Waals surface area contributed by atoms with Crippen LogP contribution in [0, 0.1) is 17.8 Å². The molecule has 1 unspecified atom stereocenters. The van der Waals surface area contributed by atoms with Gasteiger partial charge in [0.25, 0.3) is 5.56 Å². The number of hydrogen-bond acceptors (Lipinski definition) is 5. The lowest BCUT2D eigenvalue weighted by Gasteiger charge is -2.20. The smallest absolute Gasteiger partial charge is 0.437 e. The molecule has 0 radical (unpaired) electrons. The van der Waals surface area contributed by atoms with Crippen LogP contribution in [0.1, 0.15) is 11.3 Å². The number of ether oxygens (including phenoxy) is 1. The summed E-state index contributed by atoms with van der Waals surface area (Å²) < 4.78 is 45.9. The number of carbonyl (C=O) groups is 1. The van der Waals surface area contributed by atoms with E-state index < -0.39 is 11.9 Å². The molecular formula is C24H21F3N4O3. The van der Waals surface area contributed by atoms with Gasteiger partial charge in [-0.05, 0) is 47.7 Å². The van der Waals surface area contributed by atoms with E-state index in [1.165, 1.54) is 29.1 Å². The van der Waals surface area contributed by atoms with Crippen LogP contribution in [0.2, 0.25) is 0 Å². The number of nitrogens with zero attached hydrogens (tertiary/aromatic N) is 4. The molecule has 1 aliphatic heterocycles. The maximum atomic E-state index is 13.1. The van der Waals surface area contributed by atoms with Crippen LogP contribution >= 0.6 is 0 Å². The molecule has 2 aromatic heterocycles. The van der Waals surface area contributed by atoms with Crippen molar-refractivity contribution in [2.45, 2.75) is 12.6 Å². The van der Waals surface area contributed by atoms with Crippen molar-refractivity contribution in [3.63, 3.8) is 0 Å². The molecule has 7 nitrogen and oxygen atoms in total. The van der Waals surface area contributed by atoms with Crippen molar-refractivity contribution in [3.8, 4) is 11.4 Å². The Morgan fingerprint density at radius 1 is 1.03 bits per heavy atom. The first-order valence-corrected chi connectivity index (χ1v) is 10.9. The summed E-state index contributed by atoms with van der Waals surface area (Å²) in [6.07, 6.45) is -1.70. The van der Waals surface area contributed by atoms with E-state index in [2.05, 4.69) is 10.1 Å². The van der Waals surface area contributed by atoms with E-state index in [1.807, 2.05) is 0 Å². The molecule has 5 rings (SSSR count). The summed E-state index contributed by atoms with van der Waals surface area (Å²) in [5.41, 5.74) is 0.194. The van der Waals surface area contributed by atoms with Gasteiger partial charge >= 0.3 is 6.18 Å². The fourth-order valence-electron chi connectivity index (χ4n) is 4.60. The Balaban J connectivity index is 1.13. The highest BCUT2D eigenvalue weighted by Gasteiger charge is 2.56. The largest absolute Gasteiger partial charge is 0.491 e. The van der Waals surface area contributed by atoms with Gasteiger partial charge in [-0.15, -0.1) is 0 Å². The number of halogens is 3. The highest BCUT2D eigenvalue weighted by Crippen LogP contribution is 2.52. The van der Waals surface area contributed by atoms with Crippen LogP contribution in [0.4, 0.5) is 13.2 Å². The molecule has 3 aromatic rings. The number of likely N-dealkylation sites (tertiary alicyclic amines) is 1. The van der Waals surface area contributed by atoms with Gasteiger partial charge in [0.1, 0.15) is 5.75 Å². The van der Waals surface area contributed by atoms with Crippen molar-refractivity contribution in [1.82, 2.24) is 19.7 Å². The minimum atomic E-state index is -4.56. The average Bonchev–Trinajstić information content (AvgIpc) is 3.26. The monoisotopic (exact) mass is 470 g/mol. The van der Waals surface area contributed by atoms with Gasteiger partial charge in [-0.3, -0.25) is 9.59 Å². The van der Waals surface area contributed by atoms with Crippen molar-refractivity contribution in [3.05, 3.63) is 82.5 Å². The molecule has 10 heteroatoms. The van der Waals surface area contributed by atoms with Crippen molar-refractivity contribution < 1.29 is 22.7 Å². The highest BCUT2D eigenvalue weighted by molar-refractivity contribution is 5.79. The summed E-state index contributed by atoms with van der Waals surface area (Å²) in [7, 11) is 0. The summed E-state index contributed by atoms with van der Waals surface area (Å²) in [5.74, 6) is 0.369. The van der Waals surface area contributed by atoms with Crippen LogP contribution in [0.5, 0.6) is 5.75 Å². The normalized spacial score (nSPS) is 21.3. The van der Waals surface area contributed by atoms with Gasteiger partial charge in [0.15, 0.2) is 5.69 Å². The standard InChI is InChI=1S/C24H21F3N4O3/c25-24(26,27)23-20(3-1-9-28-23)34-14-19-17-12-30(13-18(17)19)22(33)11-15-5-7-16(8-6-15)31-21(32)4-2-10-29-31/h1-10,17-19H,11-14H2/t17-,18+,19?. The SMILES string of the molecule is O=C(Cc1ccc(-n2ncccc2=O)cc1)N1C[C@@H]2C(COc3cccnc3C(F)(F)F)[C@@H]2C1. The zero-order valence-electron chi connectivity index (χ0n) is 18.0. The summed E-state index contributed by atoms with van der Waals surface area (Å²) >= 11 is 0. The van der Waals surface area contributed by atoms with Gasteiger partial charge in [-0.1, -0.05) is 12.1 Å². The van der Waals surface area contributed by atoms with Gasteiger partial charge in [0.05, 0.1) is 18.7 Å². The summed E-state index contributed by atoms with van der Waals surface area (Å²) in [6, 6.07) is 12.8. The third-order valence-electron chi connectivity index (χ3n) is 6.45. The maximum Gasteiger partial charge on any atom is 0.437 e. The maximum absolute atomic E-state index is 13.1. The lowest BCUT2D eigenvalue weighted by atomic mass is 10.1. The lowest BCUT2D eigenvalue weighted by Crippen LogP contribution is -2.33. The van der Waals surface area contributed by atoms with Gasteiger partial charge in [0.2, 0.25) is 5.91 Å². The summed E-state index contributed by atoms with van der Waals surface area (Å²) in [5, 5.41) is 4.03. The molecule has 1 aromatic carbocycles. The van der Waals surface area contributed by atoms with Gasteiger partial charge in [0, 0.05) is 37.5 Å². The molecule has 34 heavy (non-hydrogen) atoms. The third-order valence-corrected chi connectivity index (χ3v) is 6.45. The lowest BCUT2D eigenvalue weighted by molar-refractivity contribution is -0.142. The topological polar surface area (TPSA) is 77.3 Å². The number of carbonyl (C=O) groups excluding carboxylic acids is 1. The molecule has 1 aliphatic carbocycles. The number of aromatic nitrogens is 3. The average molecular weight is 470 g/mol. The molecule has 1 saturated heterocycles. The second kappa shape index (κ2) is 8.58. The summed E-state index contributed by atoms with van der Waals surface area (Å²) in [6.45, 7) is 1.34. The number of hydrogen-bond donors (Lipinski definition) is 0. The second-order valence-electron chi connectivity index (χ2n) is 8.57. The predicted molar refractivity (Wildman–Crippen MR) is 115 cm³/mol. The van der Waals surface area contributed by atoms with E-state index in [-0.39, 0.29) is 48.0 Å². The zero-order chi connectivity index (χ0) is 23.9. The van der Waals surface area contributed by atoms with Crippen molar-refractivity contribution in [2.75, 3.05) is 19.7 Å². The Morgan fingerprint density at radius 2 is 1.74 bits per heavy atom. The van der Waals surface area contributed by atoms with E-state index in [1.54, 1.807) is 35.2 Å². The molecule has 0 spiro atoms. The van der Waals surface area contributed by atoms with E-state index in [9.17, 15) is 22.8 Å². The Morgan fingerprint density at radius 3 is 2.41 bits per heavy atom. The minimum absolute atomic E-state index is 0.00115. The van der Waals surface area contributed by atoms with Crippen LogP contribution in [0.3, 0.4) is 0 Å². The first-order chi connectivity index (χ1) is 16.3. The minimum Gasteiger partial charge on any atom is -0.491 e. The molecule has 1 saturated carbocycles. The molecule has 0 bridgehead atoms. The van der Waals surface area contributed by atoms with Gasteiger partial charge in [-0.25, -0.2) is 4.98 Å². The van der Waals surface area contributed by atoms with Crippen molar-refractivity contribution in [2.24, 2.45) is 17.8 Å². The van der Waals surface area contributed by atoms with E-state index >= 15 is 0 Å². The van der Waals surface area contributed by atoms with Gasteiger partial charge in [-0.2, -0.15) is 23.0 Å². The van der Waals surface area contributed by atoms with E-state index in [0.29, 0.717) is 18.8 Å². The number of rotatable bonds is 6. The number of alkyl halides is 3. The number of piperidine rings is 1. The molecular weight excluding hydrogens is 449 g/mol. The number of fused-ring (bicyclic) bond motifs is 1.